The van der Waals surface area contributed by atoms with Crippen molar-refractivity contribution in [3.8, 4) is 11.1 Å². The second-order valence-corrected chi connectivity index (χ2v) is 6.18. The third-order valence-corrected chi connectivity index (χ3v) is 4.56. The van der Waals surface area contributed by atoms with Crippen molar-refractivity contribution in [3.63, 3.8) is 0 Å². The van der Waals surface area contributed by atoms with Gasteiger partial charge in [0.2, 0.25) is 0 Å². The van der Waals surface area contributed by atoms with E-state index >= 15 is 0 Å². The van der Waals surface area contributed by atoms with Crippen LogP contribution in [0.15, 0.2) is 54.6 Å². The Morgan fingerprint density at radius 1 is 0.909 bits per heavy atom. The van der Waals surface area contributed by atoms with Crippen LogP contribution in [0.4, 0.5) is 0 Å². The molecule has 1 saturated carbocycles. The summed E-state index contributed by atoms with van der Waals surface area (Å²) in [6, 6.07) is 19.2. The van der Waals surface area contributed by atoms with E-state index in [1.807, 2.05) is 6.07 Å². The molecule has 2 nitrogen and oxygen atoms in total. The van der Waals surface area contributed by atoms with E-state index in [4.69, 9.17) is 5.73 Å². The molecule has 0 heterocycles. The minimum Gasteiger partial charge on any atom is -0.392 e. The highest BCUT2D eigenvalue weighted by atomic mass is 35.5. The second-order valence-electron chi connectivity index (χ2n) is 6.18. The van der Waals surface area contributed by atoms with Crippen LogP contribution in [-0.2, 0) is 6.42 Å². The summed E-state index contributed by atoms with van der Waals surface area (Å²) in [4.78, 5) is 0. The molecular formula is C19H24ClNO. The van der Waals surface area contributed by atoms with Crippen molar-refractivity contribution in [2.45, 2.75) is 37.8 Å². The van der Waals surface area contributed by atoms with Gasteiger partial charge in [-0.2, -0.15) is 0 Å². The lowest BCUT2D eigenvalue weighted by Crippen LogP contribution is -2.40. The predicted molar refractivity (Wildman–Crippen MR) is 94.2 cm³/mol. The first-order chi connectivity index (χ1) is 10.2. The Balaban J connectivity index is 0.00000176. The molecule has 3 N–H and O–H groups in total. The lowest BCUT2D eigenvalue weighted by Gasteiger charge is -2.30. The molecule has 22 heavy (non-hydrogen) atoms. The van der Waals surface area contributed by atoms with Crippen LogP contribution in [-0.4, -0.2) is 17.3 Å². The number of nitrogens with two attached hydrogens (primary N) is 1. The molecule has 0 bridgehead atoms. The molecule has 3 atom stereocenters. The fraction of sp³-hybridized carbons (Fsp3) is 0.368. The van der Waals surface area contributed by atoms with Gasteiger partial charge >= 0.3 is 0 Å². The molecule has 1 aliphatic carbocycles. The molecule has 3 heteroatoms. The molecule has 0 saturated heterocycles. The molecule has 0 unspecified atom stereocenters. The number of aliphatic hydroxyl groups excluding tert-OH is 1. The van der Waals surface area contributed by atoms with Gasteiger partial charge in [0.15, 0.2) is 0 Å². The molecule has 0 spiro atoms. The molecular weight excluding hydrogens is 294 g/mol. The van der Waals surface area contributed by atoms with Crippen molar-refractivity contribution < 1.29 is 5.11 Å². The number of benzene rings is 2. The van der Waals surface area contributed by atoms with Gasteiger partial charge in [-0.1, -0.05) is 54.6 Å². The molecule has 0 aromatic heterocycles. The zero-order valence-electron chi connectivity index (χ0n) is 12.7. The maximum absolute atomic E-state index is 9.70. The van der Waals surface area contributed by atoms with E-state index in [2.05, 4.69) is 48.5 Å². The van der Waals surface area contributed by atoms with Gasteiger partial charge in [-0.15, -0.1) is 12.4 Å². The molecule has 0 amide bonds. The van der Waals surface area contributed by atoms with Crippen LogP contribution in [0.3, 0.4) is 0 Å². The van der Waals surface area contributed by atoms with Gasteiger partial charge in [0.05, 0.1) is 6.10 Å². The second kappa shape index (κ2) is 7.77. The quantitative estimate of drug-likeness (QED) is 0.904. The third-order valence-electron chi connectivity index (χ3n) is 4.56. The number of aliphatic hydroxyl groups is 1. The van der Waals surface area contributed by atoms with Crippen LogP contribution < -0.4 is 5.73 Å². The largest absolute Gasteiger partial charge is 0.392 e. The minimum absolute atomic E-state index is 0. The van der Waals surface area contributed by atoms with E-state index in [0.29, 0.717) is 5.92 Å². The molecule has 0 aliphatic heterocycles. The lowest BCUT2D eigenvalue weighted by atomic mass is 9.81. The van der Waals surface area contributed by atoms with Crippen molar-refractivity contribution in [1.29, 1.82) is 0 Å². The van der Waals surface area contributed by atoms with Crippen LogP contribution >= 0.6 is 12.4 Å². The Bertz CT molecular complexity index is 570. The number of rotatable bonds is 3. The summed E-state index contributed by atoms with van der Waals surface area (Å²) in [6.07, 6.45) is 3.61. The van der Waals surface area contributed by atoms with Crippen molar-refractivity contribution in [3.05, 3.63) is 60.2 Å². The van der Waals surface area contributed by atoms with Gasteiger partial charge in [-0.25, -0.2) is 0 Å². The first-order valence-electron chi connectivity index (χ1n) is 7.80. The number of hydrogen-bond acceptors (Lipinski definition) is 2. The molecule has 0 radical (unpaired) electrons. The van der Waals surface area contributed by atoms with Gasteiger partial charge in [-0.3, -0.25) is 0 Å². The van der Waals surface area contributed by atoms with Crippen LogP contribution in [0.25, 0.3) is 11.1 Å². The average molecular weight is 318 g/mol. The monoisotopic (exact) mass is 317 g/mol. The summed E-state index contributed by atoms with van der Waals surface area (Å²) < 4.78 is 0. The van der Waals surface area contributed by atoms with Gasteiger partial charge in [0.1, 0.15) is 0 Å². The summed E-state index contributed by atoms with van der Waals surface area (Å²) in [5, 5.41) is 9.70. The normalized spacial score (nSPS) is 24.5. The van der Waals surface area contributed by atoms with Gasteiger partial charge in [-0.05, 0) is 48.3 Å². The van der Waals surface area contributed by atoms with Crippen LogP contribution in [0, 0.1) is 5.92 Å². The van der Waals surface area contributed by atoms with E-state index in [9.17, 15) is 5.11 Å². The molecule has 118 valence electrons. The molecule has 3 rings (SSSR count). The van der Waals surface area contributed by atoms with E-state index in [-0.39, 0.29) is 24.6 Å². The van der Waals surface area contributed by atoms with E-state index < -0.39 is 0 Å². The van der Waals surface area contributed by atoms with Crippen LogP contribution in [0.5, 0.6) is 0 Å². The van der Waals surface area contributed by atoms with Crippen LogP contribution in [0.1, 0.15) is 24.8 Å². The van der Waals surface area contributed by atoms with E-state index in [1.54, 1.807) is 0 Å². The Morgan fingerprint density at radius 3 is 2.18 bits per heavy atom. The fourth-order valence-electron chi connectivity index (χ4n) is 3.26. The zero-order chi connectivity index (χ0) is 14.7. The van der Waals surface area contributed by atoms with Crippen LogP contribution in [0.2, 0.25) is 0 Å². The molecule has 2 aromatic carbocycles. The summed E-state index contributed by atoms with van der Waals surface area (Å²) in [5.41, 5.74) is 9.85. The highest BCUT2D eigenvalue weighted by Crippen LogP contribution is 2.27. The minimum atomic E-state index is -0.304. The highest BCUT2D eigenvalue weighted by Gasteiger charge is 2.26. The topological polar surface area (TPSA) is 46.2 Å². The highest BCUT2D eigenvalue weighted by molar-refractivity contribution is 5.85. The SMILES string of the molecule is Cl.N[C@H]1C[C@H](Cc2ccc(-c3ccccc3)cc2)CC[C@@H]1O. The standard InChI is InChI=1S/C19H23NO.ClH/c20-18-13-15(8-11-19(18)21)12-14-6-9-17(10-7-14)16-4-2-1-3-5-16;/h1-7,9-10,15,18-19,21H,8,11-13,20H2;1H/t15-,18-,19-;/m0./s1. The summed E-state index contributed by atoms with van der Waals surface area (Å²) in [5.74, 6) is 0.603. The van der Waals surface area contributed by atoms with Gasteiger partial charge in [0, 0.05) is 6.04 Å². The lowest BCUT2D eigenvalue weighted by molar-refractivity contribution is 0.0867. The Morgan fingerprint density at radius 2 is 1.55 bits per heavy atom. The first kappa shape index (κ1) is 17.0. The maximum atomic E-state index is 9.70. The molecule has 2 aromatic rings. The zero-order valence-corrected chi connectivity index (χ0v) is 13.5. The number of halogens is 1. The Kier molecular flexibility index (Phi) is 6.01. The molecule has 1 aliphatic rings. The molecule has 1 fully saturated rings. The summed E-state index contributed by atoms with van der Waals surface area (Å²) >= 11 is 0. The van der Waals surface area contributed by atoms with Gasteiger partial charge < -0.3 is 10.8 Å². The van der Waals surface area contributed by atoms with Crippen molar-refractivity contribution in [2.24, 2.45) is 11.7 Å². The van der Waals surface area contributed by atoms with Crippen molar-refractivity contribution >= 4 is 12.4 Å². The summed E-state index contributed by atoms with van der Waals surface area (Å²) in [7, 11) is 0. The fourth-order valence-corrected chi connectivity index (χ4v) is 3.26. The predicted octanol–water partition coefficient (Wildman–Crippen LogP) is 3.81. The average Bonchev–Trinajstić information content (AvgIpc) is 2.53. The first-order valence-corrected chi connectivity index (χ1v) is 7.80. The van der Waals surface area contributed by atoms with Crippen molar-refractivity contribution in [2.75, 3.05) is 0 Å². The van der Waals surface area contributed by atoms with E-state index in [1.165, 1.54) is 16.7 Å². The smallest absolute Gasteiger partial charge is 0.0691 e. The van der Waals surface area contributed by atoms with E-state index in [0.717, 1.165) is 25.7 Å². The number of hydrogen-bond donors (Lipinski definition) is 2. The summed E-state index contributed by atoms with van der Waals surface area (Å²) in [6.45, 7) is 0. The third kappa shape index (κ3) is 4.10. The Hall–Kier alpha value is -1.35. The van der Waals surface area contributed by atoms with Crippen molar-refractivity contribution in [1.82, 2.24) is 0 Å². The Labute approximate surface area is 138 Å². The maximum Gasteiger partial charge on any atom is 0.0691 e. The van der Waals surface area contributed by atoms with Gasteiger partial charge in [0.25, 0.3) is 0 Å².